The van der Waals surface area contributed by atoms with E-state index in [1.54, 1.807) is 12.1 Å². The molecule has 15 heavy (non-hydrogen) atoms. The Hall–Kier alpha value is -0.450. The van der Waals surface area contributed by atoms with Crippen LogP contribution in [0.5, 0.6) is 0 Å². The summed E-state index contributed by atoms with van der Waals surface area (Å²) >= 11 is 3.35. The van der Waals surface area contributed by atoms with Gasteiger partial charge in [-0.15, -0.1) is 0 Å². The zero-order valence-corrected chi connectivity index (χ0v) is 9.93. The van der Waals surface area contributed by atoms with Crippen LogP contribution in [0.4, 0.5) is 4.39 Å². The summed E-state index contributed by atoms with van der Waals surface area (Å²) in [7, 11) is 0. The van der Waals surface area contributed by atoms with Crippen LogP contribution >= 0.6 is 15.9 Å². The van der Waals surface area contributed by atoms with Gasteiger partial charge >= 0.3 is 0 Å². The molecule has 1 saturated carbocycles. The van der Waals surface area contributed by atoms with Crippen molar-refractivity contribution in [3.05, 3.63) is 34.1 Å². The van der Waals surface area contributed by atoms with Gasteiger partial charge < -0.3 is 0 Å². The maximum absolute atomic E-state index is 13.6. The van der Waals surface area contributed by atoms with Crippen molar-refractivity contribution in [2.24, 2.45) is 11.8 Å². The maximum Gasteiger partial charge on any atom is 0.128 e. The summed E-state index contributed by atoms with van der Waals surface area (Å²) < 4.78 is 14.5. The SMILES string of the molecule is NNC(c1cc(Br)ccc1F)C1CCC1. The predicted octanol–water partition coefficient (Wildman–Crippen LogP) is 2.89. The van der Waals surface area contributed by atoms with E-state index in [0.717, 1.165) is 17.3 Å². The van der Waals surface area contributed by atoms with Gasteiger partial charge in [0.15, 0.2) is 0 Å². The molecule has 1 unspecified atom stereocenters. The fourth-order valence-electron chi connectivity index (χ4n) is 2.01. The molecule has 0 aromatic heterocycles. The van der Waals surface area contributed by atoms with E-state index in [4.69, 9.17) is 5.84 Å². The Bertz CT molecular complexity index is 352. The van der Waals surface area contributed by atoms with E-state index < -0.39 is 0 Å². The maximum atomic E-state index is 13.6. The zero-order valence-electron chi connectivity index (χ0n) is 8.34. The standard InChI is InChI=1S/C11H14BrFN2/c12-8-4-5-10(13)9(6-8)11(15-14)7-2-1-3-7/h4-7,11,15H,1-3,14H2. The van der Waals surface area contributed by atoms with Crippen LogP contribution in [0.3, 0.4) is 0 Å². The molecule has 2 nitrogen and oxygen atoms in total. The lowest BCUT2D eigenvalue weighted by molar-refractivity contribution is 0.228. The van der Waals surface area contributed by atoms with Crippen molar-refractivity contribution in [1.29, 1.82) is 0 Å². The second kappa shape index (κ2) is 4.60. The first-order valence-corrected chi connectivity index (χ1v) is 5.92. The molecule has 0 heterocycles. The number of nitrogens with one attached hydrogen (secondary N) is 1. The molecule has 2 rings (SSSR count). The monoisotopic (exact) mass is 272 g/mol. The smallest absolute Gasteiger partial charge is 0.128 e. The summed E-state index contributed by atoms with van der Waals surface area (Å²) in [5, 5.41) is 0. The van der Waals surface area contributed by atoms with Gasteiger partial charge in [-0.05, 0) is 37.0 Å². The number of hydrazine groups is 1. The summed E-state index contributed by atoms with van der Waals surface area (Å²) in [5.74, 6) is 5.79. The minimum absolute atomic E-state index is 0.0590. The summed E-state index contributed by atoms with van der Waals surface area (Å²) in [6.45, 7) is 0. The summed E-state index contributed by atoms with van der Waals surface area (Å²) in [5.41, 5.74) is 3.39. The largest absolute Gasteiger partial charge is 0.271 e. The fourth-order valence-corrected chi connectivity index (χ4v) is 2.38. The van der Waals surface area contributed by atoms with Crippen molar-refractivity contribution in [1.82, 2.24) is 5.43 Å². The van der Waals surface area contributed by atoms with Crippen molar-refractivity contribution < 1.29 is 4.39 Å². The summed E-state index contributed by atoms with van der Waals surface area (Å²) in [4.78, 5) is 0. The Kier molecular flexibility index (Phi) is 3.38. The summed E-state index contributed by atoms with van der Waals surface area (Å²) in [6.07, 6.45) is 3.47. The number of benzene rings is 1. The molecular formula is C11H14BrFN2. The topological polar surface area (TPSA) is 38.0 Å². The van der Waals surface area contributed by atoms with Crippen LogP contribution < -0.4 is 11.3 Å². The molecule has 3 N–H and O–H groups in total. The third-order valence-corrected chi connectivity index (χ3v) is 3.59. The fraction of sp³-hybridized carbons (Fsp3) is 0.455. The average molecular weight is 273 g/mol. The van der Waals surface area contributed by atoms with Crippen molar-refractivity contribution in [3.8, 4) is 0 Å². The minimum Gasteiger partial charge on any atom is -0.271 e. The predicted molar refractivity (Wildman–Crippen MR) is 61.5 cm³/mol. The average Bonchev–Trinajstić information content (AvgIpc) is 2.15. The Balaban J connectivity index is 2.28. The molecule has 82 valence electrons. The van der Waals surface area contributed by atoms with E-state index in [2.05, 4.69) is 21.4 Å². The van der Waals surface area contributed by atoms with Crippen LogP contribution in [0.25, 0.3) is 0 Å². The lowest BCUT2D eigenvalue weighted by Crippen LogP contribution is -2.37. The highest BCUT2D eigenvalue weighted by Crippen LogP contribution is 2.38. The van der Waals surface area contributed by atoms with Gasteiger partial charge in [0.05, 0.1) is 6.04 Å². The molecular weight excluding hydrogens is 259 g/mol. The first-order chi connectivity index (χ1) is 7.22. The van der Waals surface area contributed by atoms with Crippen LogP contribution in [0.2, 0.25) is 0 Å². The number of hydrogen-bond donors (Lipinski definition) is 2. The third-order valence-electron chi connectivity index (χ3n) is 3.09. The van der Waals surface area contributed by atoms with E-state index >= 15 is 0 Å². The molecule has 0 radical (unpaired) electrons. The lowest BCUT2D eigenvalue weighted by Gasteiger charge is -2.33. The molecule has 1 aromatic rings. The van der Waals surface area contributed by atoms with Crippen LogP contribution in [-0.4, -0.2) is 0 Å². The minimum atomic E-state index is -0.187. The highest BCUT2D eigenvalue weighted by Gasteiger charge is 2.29. The molecule has 1 fully saturated rings. The Labute approximate surface area is 97.1 Å². The molecule has 4 heteroatoms. The van der Waals surface area contributed by atoms with Gasteiger partial charge in [-0.25, -0.2) is 4.39 Å². The van der Waals surface area contributed by atoms with Crippen LogP contribution in [-0.2, 0) is 0 Å². The van der Waals surface area contributed by atoms with Crippen molar-refractivity contribution in [2.45, 2.75) is 25.3 Å². The van der Waals surface area contributed by atoms with Gasteiger partial charge in [-0.1, -0.05) is 22.4 Å². The molecule has 1 aliphatic rings. The van der Waals surface area contributed by atoms with E-state index in [1.807, 2.05) is 0 Å². The second-order valence-electron chi connectivity index (χ2n) is 4.00. The first kappa shape index (κ1) is 11.0. The number of rotatable bonds is 3. The molecule has 0 amide bonds. The quantitative estimate of drug-likeness (QED) is 0.656. The number of halogens is 2. The van der Waals surface area contributed by atoms with Gasteiger partial charge in [-0.3, -0.25) is 11.3 Å². The van der Waals surface area contributed by atoms with Crippen LogP contribution in [0.15, 0.2) is 22.7 Å². The molecule has 0 aliphatic heterocycles. The molecule has 1 atom stereocenters. The Morgan fingerprint density at radius 3 is 2.73 bits per heavy atom. The highest BCUT2D eigenvalue weighted by molar-refractivity contribution is 9.10. The Morgan fingerprint density at radius 1 is 1.47 bits per heavy atom. The van der Waals surface area contributed by atoms with E-state index in [9.17, 15) is 4.39 Å². The van der Waals surface area contributed by atoms with Gasteiger partial charge in [-0.2, -0.15) is 0 Å². The van der Waals surface area contributed by atoms with Gasteiger partial charge in [0.25, 0.3) is 0 Å². The van der Waals surface area contributed by atoms with Gasteiger partial charge in [0.1, 0.15) is 5.82 Å². The van der Waals surface area contributed by atoms with Crippen LogP contribution in [0, 0.1) is 11.7 Å². The van der Waals surface area contributed by atoms with Gasteiger partial charge in [0, 0.05) is 10.0 Å². The van der Waals surface area contributed by atoms with Crippen molar-refractivity contribution >= 4 is 15.9 Å². The third kappa shape index (κ3) is 2.22. The number of nitrogens with two attached hydrogens (primary N) is 1. The van der Waals surface area contributed by atoms with Crippen molar-refractivity contribution in [2.75, 3.05) is 0 Å². The number of hydrogen-bond acceptors (Lipinski definition) is 2. The molecule has 0 bridgehead atoms. The van der Waals surface area contributed by atoms with Gasteiger partial charge in [0.2, 0.25) is 0 Å². The molecule has 1 aliphatic carbocycles. The lowest BCUT2D eigenvalue weighted by atomic mass is 9.77. The summed E-state index contributed by atoms with van der Waals surface area (Å²) in [6, 6.07) is 4.92. The van der Waals surface area contributed by atoms with E-state index in [-0.39, 0.29) is 11.9 Å². The Morgan fingerprint density at radius 2 is 2.20 bits per heavy atom. The van der Waals surface area contributed by atoms with E-state index in [0.29, 0.717) is 11.5 Å². The second-order valence-corrected chi connectivity index (χ2v) is 4.92. The highest BCUT2D eigenvalue weighted by atomic mass is 79.9. The van der Waals surface area contributed by atoms with Crippen LogP contribution in [0.1, 0.15) is 30.9 Å². The zero-order chi connectivity index (χ0) is 10.8. The first-order valence-electron chi connectivity index (χ1n) is 5.13. The molecule has 1 aromatic carbocycles. The van der Waals surface area contributed by atoms with Crippen molar-refractivity contribution in [3.63, 3.8) is 0 Å². The van der Waals surface area contributed by atoms with E-state index in [1.165, 1.54) is 12.5 Å². The molecule has 0 spiro atoms. The normalized spacial score (nSPS) is 18.6. The molecule has 0 saturated heterocycles.